The second-order valence-electron chi connectivity index (χ2n) is 8.24. The monoisotopic (exact) mass is 440 g/mol. The van der Waals surface area contributed by atoms with Crippen LogP contribution >= 0.6 is 0 Å². The van der Waals surface area contributed by atoms with E-state index in [0.717, 1.165) is 30.6 Å². The molecular formula is C23H28N4O3S. The van der Waals surface area contributed by atoms with Crippen molar-refractivity contribution in [2.45, 2.75) is 43.0 Å². The van der Waals surface area contributed by atoms with Crippen molar-refractivity contribution in [3.63, 3.8) is 0 Å². The molecule has 7 nitrogen and oxygen atoms in total. The first kappa shape index (κ1) is 21.5. The Hall–Kier alpha value is -2.71. The molecule has 8 heteroatoms. The van der Waals surface area contributed by atoms with Gasteiger partial charge < -0.3 is 9.88 Å². The van der Waals surface area contributed by atoms with Crippen LogP contribution < -0.4 is 5.32 Å². The predicted octanol–water partition coefficient (Wildman–Crippen LogP) is 2.95. The van der Waals surface area contributed by atoms with Crippen LogP contribution in [0.2, 0.25) is 0 Å². The number of nitrogens with zero attached hydrogens (tertiary/aromatic N) is 3. The fraction of sp³-hybridized carbons (Fsp3) is 0.391. The van der Waals surface area contributed by atoms with E-state index in [0.29, 0.717) is 18.4 Å². The van der Waals surface area contributed by atoms with E-state index in [4.69, 9.17) is 0 Å². The third kappa shape index (κ3) is 4.22. The summed E-state index contributed by atoms with van der Waals surface area (Å²) < 4.78 is 27.9. The summed E-state index contributed by atoms with van der Waals surface area (Å²) >= 11 is 0. The second-order valence-corrected chi connectivity index (χ2v) is 10.4. The summed E-state index contributed by atoms with van der Waals surface area (Å²) in [5.41, 5.74) is 3.99. The molecule has 31 heavy (non-hydrogen) atoms. The highest BCUT2D eigenvalue weighted by molar-refractivity contribution is 7.89. The molecular weight excluding hydrogens is 412 g/mol. The maximum atomic E-state index is 12.6. The van der Waals surface area contributed by atoms with E-state index in [-0.39, 0.29) is 16.8 Å². The van der Waals surface area contributed by atoms with Gasteiger partial charge >= 0.3 is 0 Å². The largest absolute Gasteiger partial charge is 0.349 e. The molecule has 4 rings (SSSR count). The molecule has 1 amide bonds. The molecule has 3 aromatic rings. The van der Waals surface area contributed by atoms with Crippen LogP contribution in [-0.2, 0) is 34.7 Å². The van der Waals surface area contributed by atoms with Crippen LogP contribution in [-0.4, -0.2) is 42.3 Å². The minimum Gasteiger partial charge on any atom is -0.349 e. The fourth-order valence-corrected chi connectivity index (χ4v) is 5.14. The first-order valence-electron chi connectivity index (χ1n) is 10.5. The van der Waals surface area contributed by atoms with Crippen LogP contribution in [0.1, 0.15) is 42.3 Å². The smallest absolute Gasteiger partial charge is 0.242 e. The molecule has 0 fully saturated rings. The minimum absolute atomic E-state index is 0.00429. The third-order valence-electron chi connectivity index (χ3n) is 6.00. The number of aromatic nitrogens is 2. The van der Waals surface area contributed by atoms with Gasteiger partial charge in [0.15, 0.2) is 0 Å². The Morgan fingerprint density at radius 3 is 2.77 bits per heavy atom. The second kappa shape index (κ2) is 8.43. The van der Waals surface area contributed by atoms with Crippen molar-refractivity contribution in [1.82, 2.24) is 19.2 Å². The highest BCUT2D eigenvalue weighted by Crippen LogP contribution is 2.29. The van der Waals surface area contributed by atoms with Gasteiger partial charge in [0.25, 0.3) is 0 Å². The summed E-state index contributed by atoms with van der Waals surface area (Å²) in [6.07, 6.45) is 3.91. The van der Waals surface area contributed by atoms with E-state index >= 15 is 0 Å². The first-order chi connectivity index (χ1) is 14.8. The van der Waals surface area contributed by atoms with Crippen LogP contribution in [0.5, 0.6) is 0 Å². The molecule has 0 saturated carbocycles. The SMILES string of the molecule is CN(C)S(=O)(=O)c1ccc2c(c1)nc(CCC(=O)N[C@@H]1CCCc3ccccc31)n2C. The van der Waals surface area contributed by atoms with Gasteiger partial charge in [0.05, 0.1) is 22.0 Å². The van der Waals surface area contributed by atoms with E-state index in [1.807, 2.05) is 23.7 Å². The van der Waals surface area contributed by atoms with E-state index in [1.165, 1.54) is 29.5 Å². The highest BCUT2D eigenvalue weighted by Gasteiger charge is 2.22. The highest BCUT2D eigenvalue weighted by atomic mass is 32.2. The number of aryl methyl sites for hydroxylation is 3. The fourth-order valence-electron chi connectivity index (χ4n) is 4.22. The van der Waals surface area contributed by atoms with Gasteiger partial charge in [-0.1, -0.05) is 24.3 Å². The molecule has 1 heterocycles. The van der Waals surface area contributed by atoms with Crippen molar-refractivity contribution in [3.05, 3.63) is 59.4 Å². The molecule has 0 aliphatic heterocycles. The van der Waals surface area contributed by atoms with Crippen LogP contribution in [0.3, 0.4) is 0 Å². The van der Waals surface area contributed by atoms with Crippen molar-refractivity contribution in [2.75, 3.05) is 14.1 Å². The Bertz CT molecular complexity index is 1230. The standard InChI is InChI=1S/C23H28N4O3S/c1-26(2)31(29,30)17-11-12-21-20(15-17)24-22(27(21)3)13-14-23(28)25-19-10-6-8-16-7-4-5-9-18(16)19/h4-5,7,9,11-12,15,19H,6,8,10,13-14H2,1-3H3,(H,25,28)/t19-/m1/s1. The topological polar surface area (TPSA) is 84.3 Å². The average Bonchev–Trinajstić information content (AvgIpc) is 3.07. The zero-order valence-corrected chi connectivity index (χ0v) is 18.9. The number of hydrogen-bond acceptors (Lipinski definition) is 4. The third-order valence-corrected chi connectivity index (χ3v) is 7.81. The van der Waals surface area contributed by atoms with E-state index in [9.17, 15) is 13.2 Å². The Kier molecular flexibility index (Phi) is 5.85. The van der Waals surface area contributed by atoms with Gasteiger partial charge in [-0.2, -0.15) is 0 Å². The number of nitrogens with one attached hydrogen (secondary N) is 1. The van der Waals surface area contributed by atoms with Crippen molar-refractivity contribution < 1.29 is 13.2 Å². The number of sulfonamides is 1. The molecule has 0 spiro atoms. The summed E-state index contributed by atoms with van der Waals surface area (Å²) in [6, 6.07) is 13.3. The summed E-state index contributed by atoms with van der Waals surface area (Å²) in [5, 5.41) is 3.18. The zero-order chi connectivity index (χ0) is 22.2. The van der Waals surface area contributed by atoms with E-state index in [1.54, 1.807) is 18.2 Å². The maximum absolute atomic E-state index is 12.6. The average molecular weight is 441 g/mol. The summed E-state index contributed by atoms with van der Waals surface area (Å²) in [6.45, 7) is 0. The van der Waals surface area contributed by atoms with Gasteiger partial charge in [-0.25, -0.2) is 17.7 Å². The zero-order valence-electron chi connectivity index (χ0n) is 18.1. The Morgan fingerprint density at radius 2 is 2.00 bits per heavy atom. The van der Waals surface area contributed by atoms with Gasteiger partial charge in [0, 0.05) is 34.0 Å². The molecule has 1 aliphatic rings. The Labute approximate surface area is 183 Å². The Morgan fingerprint density at radius 1 is 1.23 bits per heavy atom. The van der Waals surface area contributed by atoms with Gasteiger partial charge in [-0.3, -0.25) is 4.79 Å². The van der Waals surface area contributed by atoms with Gasteiger partial charge in [-0.05, 0) is 48.6 Å². The van der Waals surface area contributed by atoms with Gasteiger partial charge in [-0.15, -0.1) is 0 Å². The molecule has 0 radical (unpaired) electrons. The van der Waals surface area contributed by atoms with Crippen molar-refractivity contribution in [2.24, 2.45) is 7.05 Å². The molecule has 1 N–H and O–H groups in total. The molecule has 0 saturated heterocycles. The number of carbonyl (C=O) groups is 1. The van der Waals surface area contributed by atoms with Crippen molar-refractivity contribution >= 4 is 27.0 Å². The normalized spacial score (nSPS) is 16.5. The Balaban J connectivity index is 1.47. The molecule has 1 aromatic heterocycles. The number of fused-ring (bicyclic) bond motifs is 2. The quantitative estimate of drug-likeness (QED) is 0.639. The molecule has 2 aromatic carbocycles. The molecule has 1 aliphatic carbocycles. The van der Waals surface area contributed by atoms with Crippen molar-refractivity contribution in [3.8, 4) is 0 Å². The van der Waals surface area contributed by atoms with E-state index < -0.39 is 10.0 Å². The van der Waals surface area contributed by atoms with Crippen molar-refractivity contribution in [1.29, 1.82) is 0 Å². The van der Waals surface area contributed by atoms with Crippen LogP contribution in [0, 0.1) is 0 Å². The predicted molar refractivity (Wildman–Crippen MR) is 120 cm³/mol. The minimum atomic E-state index is -3.52. The summed E-state index contributed by atoms with van der Waals surface area (Å²) in [4.78, 5) is 17.5. The lowest BCUT2D eigenvalue weighted by atomic mass is 9.87. The lowest BCUT2D eigenvalue weighted by molar-refractivity contribution is -0.121. The van der Waals surface area contributed by atoms with Crippen LogP contribution in [0.25, 0.3) is 11.0 Å². The lowest BCUT2D eigenvalue weighted by Crippen LogP contribution is -2.31. The number of rotatable bonds is 6. The molecule has 0 bridgehead atoms. The number of hydrogen-bond donors (Lipinski definition) is 1. The number of benzene rings is 2. The molecule has 0 unspecified atom stereocenters. The summed E-state index contributed by atoms with van der Waals surface area (Å²) in [5.74, 6) is 0.762. The van der Waals surface area contributed by atoms with Crippen LogP contribution in [0.15, 0.2) is 47.4 Å². The van der Waals surface area contributed by atoms with Gasteiger partial charge in [0.1, 0.15) is 5.82 Å². The first-order valence-corrected chi connectivity index (χ1v) is 12.0. The van der Waals surface area contributed by atoms with Crippen LogP contribution in [0.4, 0.5) is 0 Å². The molecule has 164 valence electrons. The lowest BCUT2D eigenvalue weighted by Gasteiger charge is -2.26. The number of carbonyl (C=O) groups excluding carboxylic acids is 1. The van der Waals surface area contributed by atoms with Gasteiger partial charge in [0.2, 0.25) is 15.9 Å². The van der Waals surface area contributed by atoms with E-state index in [2.05, 4.69) is 22.4 Å². The maximum Gasteiger partial charge on any atom is 0.242 e. The number of amides is 1. The number of imidazole rings is 1. The molecule has 1 atom stereocenters. The summed E-state index contributed by atoms with van der Waals surface area (Å²) in [7, 11) is 1.38.